The topological polar surface area (TPSA) is 87.0 Å². The number of tetrazole rings is 1. The summed E-state index contributed by atoms with van der Waals surface area (Å²) in [6, 6.07) is 13.9. The van der Waals surface area contributed by atoms with Gasteiger partial charge in [0.05, 0.1) is 13.1 Å². The molecular weight excluding hydrogens is 306 g/mol. The molecule has 2 aromatic carbocycles. The number of hydrogen-bond acceptors (Lipinski definition) is 5. The van der Waals surface area contributed by atoms with Crippen molar-refractivity contribution in [2.75, 3.05) is 7.11 Å². The molecule has 0 saturated carbocycles. The lowest BCUT2D eigenvalue weighted by Crippen LogP contribution is -2.00. The van der Waals surface area contributed by atoms with Crippen molar-refractivity contribution < 1.29 is 9.47 Å². The maximum Gasteiger partial charge on any atom is 0.161 e. The summed E-state index contributed by atoms with van der Waals surface area (Å²) < 4.78 is 11.3. The van der Waals surface area contributed by atoms with E-state index in [2.05, 4.69) is 45.0 Å². The molecule has 0 aliphatic heterocycles. The van der Waals surface area contributed by atoms with Gasteiger partial charge in [-0.3, -0.25) is 15.4 Å². The van der Waals surface area contributed by atoms with Crippen LogP contribution in [0.2, 0.25) is 0 Å². The minimum absolute atomic E-state index is 0.328. The lowest BCUT2D eigenvalue weighted by molar-refractivity contribution is 0.283. The molecule has 1 heterocycles. The SMILES string of the molecule is COc1cc(C[N-]c2nn[nH]n2)ccc1OCc1ccccc1C. The van der Waals surface area contributed by atoms with Crippen LogP contribution >= 0.6 is 0 Å². The van der Waals surface area contributed by atoms with Crippen LogP contribution in [-0.4, -0.2) is 27.7 Å². The van der Waals surface area contributed by atoms with Gasteiger partial charge in [-0.15, -0.1) is 5.21 Å². The second-order valence-corrected chi connectivity index (χ2v) is 5.23. The van der Waals surface area contributed by atoms with Crippen molar-refractivity contribution in [1.82, 2.24) is 20.6 Å². The van der Waals surface area contributed by atoms with Crippen LogP contribution in [-0.2, 0) is 13.2 Å². The van der Waals surface area contributed by atoms with E-state index < -0.39 is 0 Å². The van der Waals surface area contributed by atoms with Crippen molar-refractivity contribution in [3.05, 3.63) is 64.5 Å². The molecule has 24 heavy (non-hydrogen) atoms. The zero-order valence-corrected chi connectivity index (χ0v) is 13.6. The number of nitrogens with zero attached hydrogens (tertiary/aromatic N) is 4. The van der Waals surface area contributed by atoms with Crippen molar-refractivity contribution in [1.29, 1.82) is 0 Å². The van der Waals surface area contributed by atoms with Crippen molar-refractivity contribution >= 4 is 5.95 Å². The lowest BCUT2D eigenvalue weighted by Gasteiger charge is -2.14. The minimum atomic E-state index is 0.328. The fourth-order valence-corrected chi connectivity index (χ4v) is 2.24. The highest BCUT2D eigenvalue weighted by Gasteiger charge is 2.07. The Morgan fingerprint density at radius 3 is 2.75 bits per heavy atom. The van der Waals surface area contributed by atoms with E-state index in [1.54, 1.807) is 7.11 Å². The van der Waals surface area contributed by atoms with Gasteiger partial charge in [0.25, 0.3) is 0 Å². The molecule has 0 aliphatic carbocycles. The van der Waals surface area contributed by atoms with Gasteiger partial charge in [0.15, 0.2) is 11.5 Å². The molecule has 0 atom stereocenters. The summed E-state index contributed by atoms with van der Waals surface area (Å²) in [5.74, 6) is 1.70. The molecule has 0 bridgehead atoms. The minimum Gasteiger partial charge on any atom is -0.493 e. The van der Waals surface area contributed by atoms with E-state index in [1.807, 2.05) is 30.3 Å². The number of nitrogens with one attached hydrogen (secondary N) is 1. The first-order chi connectivity index (χ1) is 11.8. The number of aryl methyl sites for hydroxylation is 1. The van der Waals surface area contributed by atoms with E-state index in [0.29, 0.717) is 30.6 Å². The van der Waals surface area contributed by atoms with Gasteiger partial charge in [-0.05, 0) is 35.7 Å². The van der Waals surface area contributed by atoms with E-state index in [4.69, 9.17) is 9.47 Å². The largest absolute Gasteiger partial charge is 0.493 e. The summed E-state index contributed by atoms with van der Waals surface area (Å²) in [6.07, 6.45) is 0. The predicted molar refractivity (Wildman–Crippen MR) is 89.4 cm³/mol. The Labute approximate surface area is 140 Å². The standard InChI is InChI=1S/C17H18N5O2/c1-12-5-3-4-6-14(12)11-24-15-8-7-13(9-16(15)23-2)10-18-17-19-21-22-20-17/h3-9H,10-11H2,1-2H3,(H-,18,19,20,21,22)/q-1. The third kappa shape index (κ3) is 3.81. The van der Waals surface area contributed by atoms with E-state index >= 15 is 0 Å². The van der Waals surface area contributed by atoms with Crippen LogP contribution in [0.1, 0.15) is 16.7 Å². The zero-order chi connectivity index (χ0) is 16.8. The third-order valence-corrected chi connectivity index (χ3v) is 3.61. The highest BCUT2D eigenvalue weighted by atomic mass is 16.5. The average Bonchev–Trinajstić information content (AvgIpc) is 3.13. The van der Waals surface area contributed by atoms with Crippen LogP contribution in [0.15, 0.2) is 42.5 Å². The Hall–Kier alpha value is -3.09. The Balaban J connectivity index is 1.66. The summed E-state index contributed by atoms with van der Waals surface area (Å²) in [6.45, 7) is 3.00. The first kappa shape index (κ1) is 15.8. The van der Waals surface area contributed by atoms with Crippen molar-refractivity contribution in [2.24, 2.45) is 0 Å². The summed E-state index contributed by atoms with van der Waals surface area (Å²) in [4.78, 5) is 0. The number of H-pyrrole nitrogens is 1. The molecule has 3 rings (SSSR count). The fraction of sp³-hybridized carbons (Fsp3) is 0.235. The quantitative estimate of drug-likeness (QED) is 0.720. The second-order valence-electron chi connectivity index (χ2n) is 5.23. The van der Waals surface area contributed by atoms with Crippen LogP contribution in [0.25, 0.3) is 5.32 Å². The van der Waals surface area contributed by atoms with Crippen LogP contribution in [0, 0.1) is 6.92 Å². The summed E-state index contributed by atoms with van der Waals surface area (Å²) in [5, 5.41) is 17.7. The van der Waals surface area contributed by atoms with Gasteiger partial charge in [0.1, 0.15) is 6.61 Å². The van der Waals surface area contributed by atoms with Crippen LogP contribution in [0.4, 0.5) is 5.95 Å². The van der Waals surface area contributed by atoms with Gasteiger partial charge in [-0.1, -0.05) is 30.3 Å². The average molecular weight is 324 g/mol. The molecular formula is C17H18N5O2-. The highest BCUT2D eigenvalue weighted by Crippen LogP contribution is 2.30. The van der Waals surface area contributed by atoms with Crippen LogP contribution in [0.3, 0.4) is 0 Å². The predicted octanol–water partition coefficient (Wildman–Crippen LogP) is 3.30. The number of rotatable bonds is 7. The summed E-state index contributed by atoms with van der Waals surface area (Å²) in [7, 11) is 1.62. The third-order valence-electron chi connectivity index (χ3n) is 3.61. The molecule has 0 amide bonds. The van der Waals surface area contributed by atoms with Crippen molar-refractivity contribution in [3.63, 3.8) is 0 Å². The van der Waals surface area contributed by atoms with E-state index in [0.717, 1.165) is 11.1 Å². The Bertz CT molecular complexity index is 789. The molecule has 0 unspecified atom stereocenters. The molecule has 0 radical (unpaired) electrons. The number of aromatic nitrogens is 4. The van der Waals surface area contributed by atoms with Gasteiger partial charge in [-0.25, -0.2) is 0 Å². The summed E-state index contributed by atoms with van der Waals surface area (Å²) in [5.41, 5.74) is 3.32. The lowest BCUT2D eigenvalue weighted by atomic mass is 10.1. The fourth-order valence-electron chi connectivity index (χ4n) is 2.24. The molecule has 1 N–H and O–H groups in total. The molecule has 1 aromatic heterocycles. The Morgan fingerprint density at radius 1 is 1.12 bits per heavy atom. The van der Waals surface area contributed by atoms with Gasteiger partial charge in [-0.2, -0.15) is 0 Å². The number of hydrogen-bond donors (Lipinski definition) is 1. The maximum atomic E-state index is 5.90. The van der Waals surface area contributed by atoms with Crippen molar-refractivity contribution in [3.8, 4) is 11.5 Å². The van der Waals surface area contributed by atoms with Crippen molar-refractivity contribution in [2.45, 2.75) is 20.1 Å². The monoisotopic (exact) mass is 324 g/mol. The van der Waals surface area contributed by atoms with E-state index in [1.165, 1.54) is 5.56 Å². The summed E-state index contributed by atoms with van der Waals surface area (Å²) >= 11 is 0. The molecule has 7 nitrogen and oxygen atoms in total. The molecule has 3 aromatic rings. The molecule has 7 heteroatoms. The van der Waals surface area contributed by atoms with Gasteiger partial charge < -0.3 is 14.8 Å². The van der Waals surface area contributed by atoms with E-state index in [9.17, 15) is 0 Å². The Morgan fingerprint density at radius 2 is 2.00 bits per heavy atom. The molecule has 124 valence electrons. The van der Waals surface area contributed by atoms with Crippen LogP contribution < -0.4 is 9.47 Å². The molecule has 0 fully saturated rings. The second kappa shape index (κ2) is 7.45. The first-order valence-electron chi connectivity index (χ1n) is 7.51. The number of aromatic amines is 1. The van der Waals surface area contributed by atoms with Gasteiger partial charge in [0, 0.05) is 6.54 Å². The first-order valence-corrected chi connectivity index (χ1v) is 7.51. The van der Waals surface area contributed by atoms with E-state index in [-0.39, 0.29) is 0 Å². The molecule has 0 spiro atoms. The van der Waals surface area contributed by atoms with Gasteiger partial charge in [0.2, 0.25) is 0 Å². The highest BCUT2D eigenvalue weighted by molar-refractivity contribution is 5.44. The normalized spacial score (nSPS) is 10.4. The molecule has 0 aliphatic rings. The smallest absolute Gasteiger partial charge is 0.161 e. The number of ether oxygens (including phenoxy) is 2. The number of methoxy groups -OCH3 is 1. The van der Waals surface area contributed by atoms with Crippen LogP contribution in [0.5, 0.6) is 11.5 Å². The number of benzene rings is 2. The maximum absolute atomic E-state index is 5.90. The Kier molecular flexibility index (Phi) is 4.90. The van der Waals surface area contributed by atoms with Gasteiger partial charge >= 0.3 is 0 Å². The zero-order valence-electron chi connectivity index (χ0n) is 13.6. The molecule has 0 saturated heterocycles.